The molecule has 2 heterocycles. The third kappa shape index (κ3) is 2.21. The van der Waals surface area contributed by atoms with Crippen LogP contribution in [0.5, 0.6) is 0 Å². The van der Waals surface area contributed by atoms with Gasteiger partial charge in [0.2, 0.25) is 5.43 Å². The van der Waals surface area contributed by atoms with Crippen molar-refractivity contribution in [2.45, 2.75) is 6.42 Å². The molecule has 0 fully saturated rings. The van der Waals surface area contributed by atoms with Gasteiger partial charge in [0.25, 0.3) is 0 Å². The maximum atomic E-state index is 11.9. The fourth-order valence-corrected chi connectivity index (χ4v) is 2.01. The summed E-state index contributed by atoms with van der Waals surface area (Å²) in [7, 11) is 0. The van der Waals surface area contributed by atoms with Gasteiger partial charge >= 0.3 is 5.97 Å². The first-order chi connectivity index (χ1) is 8.13. The minimum absolute atomic E-state index is 0.268. The van der Waals surface area contributed by atoms with Crippen molar-refractivity contribution in [3.8, 4) is 0 Å². The second kappa shape index (κ2) is 4.67. The van der Waals surface area contributed by atoms with Crippen molar-refractivity contribution in [2.24, 2.45) is 0 Å². The number of aromatic nitrogens is 2. The van der Waals surface area contributed by atoms with Crippen molar-refractivity contribution in [3.63, 3.8) is 0 Å². The molecule has 0 aliphatic rings. The molecule has 5 nitrogen and oxygen atoms in total. The second-order valence-corrected chi connectivity index (χ2v) is 4.31. The smallest absolute Gasteiger partial charge is 0.341 e. The van der Waals surface area contributed by atoms with Gasteiger partial charge < -0.3 is 10.1 Å². The molecule has 6 heteroatoms. The number of fused-ring (bicyclic) bond motifs is 1. The standard InChI is InChI=1S/C11H9BrN2O3/c12-2-1-6-3-7-9(15)8(11(16)17)5-14-10(7)13-4-6/h3-5H,1-2H2,(H,16,17)(H,13,14,15). The van der Waals surface area contributed by atoms with Gasteiger partial charge in [-0.25, -0.2) is 9.78 Å². The van der Waals surface area contributed by atoms with Crippen molar-refractivity contribution in [1.29, 1.82) is 0 Å². The Bertz CT molecular complexity index is 636. The summed E-state index contributed by atoms with van der Waals surface area (Å²) < 4.78 is 0. The van der Waals surface area contributed by atoms with Crippen molar-refractivity contribution < 1.29 is 9.90 Å². The van der Waals surface area contributed by atoms with Gasteiger partial charge in [-0.15, -0.1) is 0 Å². The average molecular weight is 297 g/mol. The van der Waals surface area contributed by atoms with E-state index in [9.17, 15) is 9.59 Å². The minimum atomic E-state index is -1.24. The maximum Gasteiger partial charge on any atom is 0.341 e. The van der Waals surface area contributed by atoms with E-state index in [2.05, 4.69) is 25.9 Å². The summed E-state index contributed by atoms with van der Waals surface area (Å²) in [4.78, 5) is 29.5. The molecule has 0 bridgehead atoms. The molecule has 0 unspecified atom stereocenters. The van der Waals surface area contributed by atoms with E-state index in [0.717, 1.165) is 17.3 Å². The van der Waals surface area contributed by atoms with Crippen molar-refractivity contribution in [1.82, 2.24) is 9.97 Å². The summed E-state index contributed by atoms with van der Waals surface area (Å²) in [6, 6.07) is 1.68. The topological polar surface area (TPSA) is 83.0 Å². The zero-order chi connectivity index (χ0) is 12.4. The number of aromatic amines is 1. The Morgan fingerprint density at radius 1 is 1.53 bits per heavy atom. The largest absolute Gasteiger partial charge is 0.477 e. The van der Waals surface area contributed by atoms with E-state index in [1.165, 1.54) is 6.20 Å². The lowest BCUT2D eigenvalue weighted by molar-refractivity contribution is 0.0695. The summed E-state index contributed by atoms with van der Waals surface area (Å²) in [5, 5.41) is 9.92. The molecular formula is C11H9BrN2O3. The normalized spacial score (nSPS) is 10.6. The first-order valence-corrected chi connectivity index (χ1v) is 6.05. The van der Waals surface area contributed by atoms with Crippen molar-refractivity contribution in [2.75, 3.05) is 5.33 Å². The fourth-order valence-electron chi connectivity index (χ4n) is 1.55. The van der Waals surface area contributed by atoms with E-state index >= 15 is 0 Å². The van der Waals surface area contributed by atoms with Gasteiger partial charge in [-0.1, -0.05) is 15.9 Å². The van der Waals surface area contributed by atoms with Crippen LogP contribution in [0.2, 0.25) is 0 Å². The van der Waals surface area contributed by atoms with E-state index < -0.39 is 11.4 Å². The summed E-state index contributed by atoms with van der Waals surface area (Å²) in [5.74, 6) is -1.24. The molecule has 0 saturated heterocycles. The molecule has 0 aliphatic heterocycles. The molecule has 2 aromatic heterocycles. The van der Waals surface area contributed by atoms with E-state index in [-0.39, 0.29) is 5.56 Å². The molecule has 17 heavy (non-hydrogen) atoms. The molecule has 2 N–H and O–H groups in total. The highest BCUT2D eigenvalue weighted by molar-refractivity contribution is 9.09. The Labute approximate surface area is 105 Å². The van der Waals surface area contributed by atoms with E-state index in [1.54, 1.807) is 12.3 Å². The van der Waals surface area contributed by atoms with Crippen LogP contribution in [0.1, 0.15) is 15.9 Å². The predicted octanol–water partition coefficient (Wildman–Crippen LogP) is 1.56. The number of H-pyrrole nitrogens is 1. The van der Waals surface area contributed by atoms with Crippen molar-refractivity contribution in [3.05, 3.63) is 39.8 Å². The number of carbonyl (C=O) groups is 1. The van der Waals surface area contributed by atoms with E-state index in [4.69, 9.17) is 5.11 Å². The number of aryl methyl sites for hydroxylation is 1. The van der Waals surface area contributed by atoms with Gasteiger partial charge in [0.15, 0.2) is 0 Å². The summed E-state index contributed by atoms with van der Waals surface area (Å²) >= 11 is 3.30. The van der Waals surface area contributed by atoms with Crippen LogP contribution in [0.15, 0.2) is 23.3 Å². The van der Waals surface area contributed by atoms with Crippen LogP contribution in [0, 0.1) is 0 Å². The van der Waals surface area contributed by atoms with Crippen LogP contribution in [-0.4, -0.2) is 26.4 Å². The zero-order valence-electron chi connectivity index (χ0n) is 8.74. The fraction of sp³-hybridized carbons (Fsp3) is 0.182. The van der Waals surface area contributed by atoms with Crippen LogP contribution >= 0.6 is 15.9 Å². The molecule has 0 amide bonds. The highest BCUT2D eigenvalue weighted by atomic mass is 79.9. The number of carboxylic acid groups (broad SMARTS) is 1. The van der Waals surface area contributed by atoms with Gasteiger partial charge in [-0.05, 0) is 18.1 Å². The van der Waals surface area contributed by atoms with Crippen LogP contribution in [0.25, 0.3) is 11.0 Å². The van der Waals surface area contributed by atoms with Gasteiger partial charge in [0, 0.05) is 17.7 Å². The third-order valence-corrected chi connectivity index (χ3v) is 2.80. The Balaban J connectivity index is 2.69. The summed E-state index contributed by atoms with van der Waals surface area (Å²) in [5.41, 5.74) is 0.520. The third-order valence-electron chi connectivity index (χ3n) is 2.40. The van der Waals surface area contributed by atoms with Gasteiger partial charge in [0.05, 0.1) is 5.39 Å². The van der Waals surface area contributed by atoms with Crippen LogP contribution < -0.4 is 5.43 Å². The molecule has 0 saturated carbocycles. The lowest BCUT2D eigenvalue weighted by Gasteiger charge is -2.02. The van der Waals surface area contributed by atoms with Gasteiger partial charge in [-0.3, -0.25) is 4.79 Å². The highest BCUT2D eigenvalue weighted by Crippen LogP contribution is 2.09. The zero-order valence-corrected chi connectivity index (χ0v) is 10.3. The number of pyridine rings is 2. The molecule has 0 aromatic carbocycles. The number of hydrogen-bond donors (Lipinski definition) is 2. The maximum absolute atomic E-state index is 11.9. The first kappa shape index (κ1) is 11.8. The monoisotopic (exact) mass is 296 g/mol. The van der Waals surface area contributed by atoms with Crippen molar-refractivity contribution >= 4 is 32.9 Å². The Morgan fingerprint density at radius 3 is 2.94 bits per heavy atom. The number of nitrogens with one attached hydrogen (secondary N) is 1. The highest BCUT2D eigenvalue weighted by Gasteiger charge is 2.12. The number of alkyl halides is 1. The summed E-state index contributed by atoms with van der Waals surface area (Å²) in [6.07, 6.45) is 3.57. The quantitative estimate of drug-likeness (QED) is 0.842. The van der Waals surface area contributed by atoms with E-state index in [1.807, 2.05) is 0 Å². The Morgan fingerprint density at radius 2 is 2.29 bits per heavy atom. The van der Waals surface area contributed by atoms with Crippen LogP contribution in [0.4, 0.5) is 0 Å². The lowest BCUT2D eigenvalue weighted by Crippen LogP contribution is -2.16. The number of hydrogen-bond acceptors (Lipinski definition) is 3. The molecule has 0 spiro atoms. The van der Waals surface area contributed by atoms with E-state index in [0.29, 0.717) is 11.0 Å². The predicted molar refractivity (Wildman–Crippen MR) is 66.8 cm³/mol. The molecule has 2 rings (SSSR count). The summed E-state index contributed by atoms with van der Waals surface area (Å²) in [6.45, 7) is 0. The van der Waals surface area contributed by atoms with Crippen LogP contribution in [-0.2, 0) is 6.42 Å². The number of aromatic carboxylic acids is 1. The second-order valence-electron chi connectivity index (χ2n) is 3.52. The number of halogens is 1. The first-order valence-electron chi connectivity index (χ1n) is 4.93. The SMILES string of the molecule is O=C(O)c1c[nH]c2ncc(CCBr)cc2c1=O. The minimum Gasteiger partial charge on any atom is -0.477 e. The number of rotatable bonds is 3. The molecule has 2 aromatic rings. The number of carboxylic acids is 1. The average Bonchev–Trinajstić information content (AvgIpc) is 2.30. The van der Waals surface area contributed by atoms with Gasteiger partial charge in [0.1, 0.15) is 11.2 Å². The Hall–Kier alpha value is -1.69. The molecule has 0 radical (unpaired) electrons. The lowest BCUT2D eigenvalue weighted by atomic mass is 10.1. The molecular weight excluding hydrogens is 288 g/mol. The van der Waals surface area contributed by atoms with Gasteiger partial charge in [-0.2, -0.15) is 0 Å². The van der Waals surface area contributed by atoms with Crippen LogP contribution in [0.3, 0.4) is 0 Å². The molecule has 88 valence electrons. The number of nitrogens with zero attached hydrogens (tertiary/aromatic N) is 1. The molecule has 0 atom stereocenters. The molecule has 0 aliphatic carbocycles. The Kier molecular flexibility index (Phi) is 3.23.